The molecule has 178 valence electrons. The van der Waals surface area contributed by atoms with Crippen LogP contribution in [0.3, 0.4) is 0 Å². The van der Waals surface area contributed by atoms with Gasteiger partial charge in [-0.2, -0.15) is 0 Å². The third-order valence-electron chi connectivity index (χ3n) is 6.48. The van der Waals surface area contributed by atoms with Gasteiger partial charge in [0.05, 0.1) is 11.1 Å². The number of aryl methyl sites for hydroxylation is 1. The summed E-state index contributed by atoms with van der Waals surface area (Å²) in [5, 5.41) is 10.6. The Balaban J connectivity index is 2.08. The highest BCUT2D eigenvalue weighted by Gasteiger charge is 2.59. The SMILES string of the molecule is C=CC1(c2nc(C)c(C)n2C(=O)c2ccc(F)cc2)C=C(F)C=CC1(C(=O)O)c1ccc(F)cc1. The Bertz CT molecular complexity index is 1400. The molecular weight excluding hydrogens is 457 g/mol. The van der Waals surface area contributed by atoms with Crippen LogP contribution in [-0.2, 0) is 15.6 Å². The number of hydrogen-bond donors (Lipinski definition) is 1. The molecule has 1 N–H and O–H groups in total. The van der Waals surface area contributed by atoms with Crippen LogP contribution in [0.4, 0.5) is 13.2 Å². The first kappa shape index (κ1) is 23.9. The number of carbonyl (C=O) groups is 2. The molecule has 0 bridgehead atoms. The van der Waals surface area contributed by atoms with Crippen LogP contribution >= 0.6 is 0 Å². The summed E-state index contributed by atoms with van der Waals surface area (Å²) in [6.45, 7) is 7.06. The highest BCUT2D eigenvalue weighted by Crippen LogP contribution is 2.51. The van der Waals surface area contributed by atoms with Crippen LogP contribution in [-0.4, -0.2) is 26.5 Å². The van der Waals surface area contributed by atoms with Gasteiger partial charge in [0.25, 0.3) is 5.91 Å². The van der Waals surface area contributed by atoms with Crippen molar-refractivity contribution in [1.29, 1.82) is 0 Å². The van der Waals surface area contributed by atoms with Gasteiger partial charge in [0.15, 0.2) is 0 Å². The molecule has 0 saturated carbocycles. The van der Waals surface area contributed by atoms with Crippen molar-refractivity contribution in [2.45, 2.75) is 24.7 Å². The van der Waals surface area contributed by atoms with Crippen LogP contribution < -0.4 is 0 Å². The molecular formula is C27H21F3N2O3. The van der Waals surface area contributed by atoms with Crippen LogP contribution in [0.5, 0.6) is 0 Å². The first-order valence-corrected chi connectivity index (χ1v) is 10.6. The average Bonchev–Trinajstić information content (AvgIpc) is 3.14. The summed E-state index contributed by atoms with van der Waals surface area (Å²) in [6.07, 6.45) is 4.44. The van der Waals surface area contributed by atoms with Crippen molar-refractivity contribution in [2.24, 2.45) is 0 Å². The molecule has 8 heteroatoms. The summed E-state index contributed by atoms with van der Waals surface area (Å²) in [4.78, 5) is 31.1. The molecule has 1 aromatic heterocycles. The summed E-state index contributed by atoms with van der Waals surface area (Å²) in [5.74, 6) is -3.97. The molecule has 0 fully saturated rings. The van der Waals surface area contributed by atoms with E-state index in [1.807, 2.05) is 0 Å². The van der Waals surface area contributed by atoms with E-state index in [2.05, 4.69) is 11.6 Å². The molecule has 0 amide bonds. The van der Waals surface area contributed by atoms with Gasteiger partial charge in [-0.15, -0.1) is 6.58 Å². The van der Waals surface area contributed by atoms with E-state index >= 15 is 0 Å². The van der Waals surface area contributed by atoms with Crippen molar-refractivity contribution in [3.8, 4) is 0 Å². The number of halogens is 3. The number of nitrogens with zero attached hydrogens (tertiary/aromatic N) is 2. The zero-order valence-corrected chi connectivity index (χ0v) is 18.9. The third-order valence-corrected chi connectivity index (χ3v) is 6.48. The van der Waals surface area contributed by atoms with Crippen molar-refractivity contribution >= 4 is 11.9 Å². The van der Waals surface area contributed by atoms with Gasteiger partial charge < -0.3 is 5.11 Å². The lowest BCUT2D eigenvalue weighted by atomic mass is 9.57. The van der Waals surface area contributed by atoms with E-state index in [4.69, 9.17) is 0 Å². The summed E-state index contributed by atoms with van der Waals surface area (Å²) < 4.78 is 43.3. The highest BCUT2D eigenvalue weighted by molar-refractivity contribution is 5.98. The fraction of sp³-hybridized carbons (Fsp3) is 0.148. The number of allylic oxidation sites excluding steroid dienone is 4. The summed E-state index contributed by atoms with van der Waals surface area (Å²) in [5.41, 5.74) is -2.89. The van der Waals surface area contributed by atoms with E-state index < -0.39 is 40.2 Å². The largest absolute Gasteiger partial charge is 0.480 e. The number of aliphatic carboxylic acids is 1. The van der Waals surface area contributed by atoms with E-state index in [0.717, 1.165) is 42.5 Å². The number of hydrogen-bond acceptors (Lipinski definition) is 3. The Labute approximate surface area is 199 Å². The number of carboxylic acids is 1. The van der Waals surface area contributed by atoms with Crippen LogP contribution in [0.25, 0.3) is 0 Å². The van der Waals surface area contributed by atoms with Crippen LogP contribution in [0.2, 0.25) is 0 Å². The minimum absolute atomic E-state index is 0.0944. The highest BCUT2D eigenvalue weighted by atomic mass is 19.1. The Morgan fingerprint density at radius 1 is 1.00 bits per heavy atom. The number of carboxylic acid groups (broad SMARTS) is 1. The van der Waals surface area contributed by atoms with E-state index in [1.54, 1.807) is 13.8 Å². The zero-order valence-electron chi connectivity index (χ0n) is 18.9. The number of carbonyl (C=O) groups excluding carboxylic acids is 1. The summed E-state index contributed by atoms with van der Waals surface area (Å²) in [6, 6.07) is 9.61. The molecule has 4 rings (SSSR count). The molecule has 1 heterocycles. The van der Waals surface area contributed by atoms with Crippen molar-refractivity contribution in [1.82, 2.24) is 9.55 Å². The molecule has 2 atom stereocenters. The van der Waals surface area contributed by atoms with Crippen molar-refractivity contribution in [2.75, 3.05) is 0 Å². The quantitative estimate of drug-likeness (QED) is 0.503. The van der Waals surface area contributed by atoms with E-state index in [0.29, 0.717) is 11.4 Å². The Morgan fingerprint density at radius 3 is 2.11 bits per heavy atom. The van der Waals surface area contributed by atoms with E-state index in [-0.39, 0.29) is 17.0 Å². The number of rotatable bonds is 5. The van der Waals surface area contributed by atoms with E-state index in [9.17, 15) is 27.9 Å². The molecule has 0 aliphatic heterocycles. The fourth-order valence-corrected chi connectivity index (χ4v) is 4.55. The smallest absolute Gasteiger partial charge is 0.319 e. The summed E-state index contributed by atoms with van der Waals surface area (Å²) in [7, 11) is 0. The first-order valence-electron chi connectivity index (χ1n) is 10.6. The van der Waals surface area contributed by atoms with Gasteiger partial charge >= 0.3 is 5.97 Å². The minimum atomic E-state index is -2.02. The lowest BCUT2D eigenvalue weighted by Gasteiger charge is -2.44. The Hall–Kier alpha value is -4.20. The maximum Gasteiger partial charge on any atom is 0.319 e. The standard InChI is InChI=1S/C27H21F3N2O3/c1-4-26(15-22(30)13-14-27(26,25(34)35)19-7-11-21(29)12-8-19)24-31-16(2)17(3)32(24)23(33)18-5-9-20(28)10-6-18/h4-15H,1H2,2-3H3,(H,34,35). The molecule has 1 aliphatic carbocycles. The van der Waals surface area contributed by atoms with Crippen LogP contribution in [0, 0.1) is 25.5 Å². The van der Waals surface area contributed by atoms with Gasteiger partial charge in [-0.3, -0.25) is 14.2 Å². The maximum absolute atomic E-state index is 14.9. The molecule has 3 aromatic rings. The molecule has 35 heavy (non-hydrogen) atoms. The van der Waals surface area contributed by atoms with Crippen molar-refractivity contribution in [3.63, 3.8) is 0 Å². The van der Waals surface area contributed by atoms with Gasteiger partial charge in [0, 0.05) is 11.3 Å². The second-order valence-electron chi connectivity index (χ2n) is 8.31. The van der Waals surface area contributed by atoms with Gasteiger partial charge in [-0.25, -0.2) is 18.2 Å². The van der Waals surface area contributed by atoms with E-state index in [1.165, 1.54) is 34.9 Å². The molecule has 0 saturated heterocycles. The minimum Gasteiger partial charge on any atom is -0.480 e. The lowest BCUT2D eigenvalue weighted by Crippen LogP contribution is -2.54. The zero-order chi connectivity index (χ0) is 25.5. The van der Waals surface area contributed by atoms with Gasteiger partial charge in [0.2, 0.25) is 0 Å². The van der Waals surface area contributed by atoms with Gasteiger partial charge in [-0.05, 0) is 68.0 Å². The maximum atomic E-state index is 14.9. The number of aromatic nitrogens is 2. The Kier molecular flexibility index (Phi) is 5.84. The first-order chi connectivity index (χ1) is 16.6. The Morgan fingerprint density at radius 2 is 1.57 bits per heavy atom. The van der Waals surface area contributed by atoms with Crippen LogP contribution in [0.1, 0.15) is 33.1 Å². The lowest BCUT2D eigenvalue weighted by molar-refractivity contribution is -0.143. The second-order valence-corrected chi connectivity index (χ2v) is 8.31. The molecule has 1 aliphatic rings. The van der Waals surface area contributed by atoms with Crippen molar-refractivity contribution < 1.29 is 27.9 Å². The average molecular weight is 478 g/mol. The fourth-order valence-electron chi connectivity index (χ4n) is 4.55. The second kappa shape index (κ2) is 8.54. The van der Waals surface area contributed by atoms with Gasteiger partial charge in [-0.1, -0.05) is 24.3 Å². The molecule has 2 unspecified atom stereocenters. The predicted octanol–water partition coefficient (Wildman–Crippen LogP) is 5.34. The number of imidazole rings is 1. The summed E-state index contributed by atoms with van der Waals surface area (Å²) >= 11 is 0. The van der Waals surface area contributed by atoms with Crippen LogP contribution in [0.15, 0.2) is 85.2 Å². The topological polar surface area (TPSA) is 72.2 Å². The van der Waals surface area contributed by atoms with Gasteiger partial charge in [0.1, 0.15) is 28.7 Å². The number of benzene rings is 2. The third kappa shape index (κ3) is 3.53. The molecule has 5 nitrogen and oxygen atoms in total. The molecule has 2 aromatic carbocycles. The van der Waals surface area contributed by atoms with Crippen molar-refractivity contribution in [3.05, 3.63) is 125 Å². The predicted molar refractivity (Wildman–Crippen MR) is 124 cm³/mol. The molecule has 0 radical (unpaired) electrons. The molecule has 0 spiro atoms. The monoisotopic (exact) mass is 478 g/mol. The normalized spacial score (nSPS) is 21.5.